The van der Waals surface area contributed by atoms with Gasteiger partial charge in [-0.1, -0.05) is 37.5 Å². The molecule has 0 radical (unpaired) electrons. The molecule has 0 aliphatic heterocycles. The van der Waals surface area contributed by atoms with E-state index in [0.717, 1.165) is 12.8 Å². The molecule has 16 heavy (non-hydrogen) atoms. The molecule has 2 aromatic rings. The van der Waals surface area contributed by atoms with Gasteiger partial charge in [-0.3, -0.25) is 0 Å². The lowest BCUT2D eigenvalue weighted by molar-refractivity contribution is 0.304. The number of H-pyrrole nitrogens is 1. The molecule has 1 heterocycles. The standard InChI is InChI=1S/C14H18N2/c15-14(8-4-1-5-9-14)12-10-16-13-7-3-2-6-11(12)13/h2-3,6-7,10,16H,1,4-5,8-9,15H2. The van der Waals surface area contributed by atoms with E-state index in [-0.39, 0.29) is 5.54 Å². The van der Waals surface area contributed by atoms with Crippen LogP contribution in [0.15, 0.2) is 30.5 Å². The van der Waals surface area contributed by atoms with Gasteiger partial charge in [-0.15, -0.1) is 0 Å². The van der Waals surface area contributed by atoms with Gasteiger partial charge in [0.05, 0.1) is 0 Å². The number of rotatable bonds is 1. The van der Waals surface area contributed by atoms with Crippen molar-refractivity contribution < 1.29 is 0 Å². The van der Waals surface area contributed by atoms with Crippen molar-refractivity contribution in [1.29, 1.82) is 0 Å². The van der Waals surface area contributed by atoms with E-state index in [9.17, 15) is 0 Å². The largest absolute Gasteiger partial charge is 0.361 e. The summed E-state index contributed by atoms with van der Waals surface area (Å²) < 4.78 is 0. The molecule has 0 unspecified atom stereocenters. The molecule has 0 atom stereocenters. The number of hydrogen-bond acceptors (Lipinski definition) is 1. The maximum absolute atomic E-state index is 6.57. The van der Waals surface area contributed by atoms with Gasteiger partial charge in [-0.2, -0.15) is 0 Å². The number of nitrogens with one attached hydrogen (secondary N) is 1. The fourth-order valence-electron chi connectivity index (χ4n) is 2.94. The van der Waals surface area contributed by atoms with Gasteiger partial charge in [0.2, 0.25) is 0 Å². The van der Waals surface area contributed by atoms with Gasteiger partial charge in [-0.05, 0) is 24.5 Å². The van der Waals surface area contributed by atoms with Crippen molar-refractivity contribution in [2.45, 2.75) is 37.6 Å². The van der Waals surface area contributed by atoms with Gasteiger partial charge in [0.1, 0.15) is 0 Å². The maximum atomic E-state index is 6.57. The first-order chi connectivity index (χ1) is 7.80. The number of fused-ring (bicyclic) bond motifs is 1. The van der Waals surface area contributed by atoms with Crippen molar-refractivity contribution in [3.8, 4) is 0 Å². The van der Waals surface area contributed by atoms with Crippen molar-refractivity contribution in [3.63, 3.8) is 0 Å². The van der Waals surface area contributed by atoms with Gasteiger partial charge < -0.3 is 10.7 Å². The number of benzene rings is 1. The van der Waals surface area contributed by atoms with Gasteiger partial charge in [0.25, 0.3) is 0 Å². The molecule has 1 fully saturated rings. The van der Waals surface area contributed by atoms with E-state index in [1.807, 2.05) is 0 Å². The Kier molecular flexibility index (Phi) is 2.25. The summed E-state index contributed by atoms with van der Waals surface area (Å²) in [7, 11) is 0. The number of aromatic nitrogens is 1. The fraction of sp³-hybridized carbons (Fsp3) is 0.429. The van der Waals surface area contributed by atoms with Crippen LogP contribution in [-0.2, 0) is 5.54 Å². The molecule has 0 amide bonds. The van der Waals surface area contributed by atoms with E-state index in [2.05, 4.69) is 35.4 Å². The Bertz CT molecular complexity index is 492. The van der Waals surface area contributed by atoms with Crippen molar-refractivity contribution in [3.05, 3.63) is 36.0 Å². The van der Waals surface area contributed by atoms with E-state index in [0.29, 0.717) is 0 Å². The molecule has 1 aliphatic rings. The third kappa shape index (κ3) is 1.45. The highest BCUT2D eigenvalue weighted by atomic mass is 14.8. The zero-order chi connectivity index (χ0) is 11.0. The molecule has 1 aliphatic carbocycles. The Labute approximate surface area is 95.8 Å². The molecule has 1 aromatic carbocycles. The van der Waals surface area contributed by atoms with Gasteiger partial charge >= 0.3 is 0 Å². The Balaban J connectivity index is 2.11. The molecule has 0 saturated heterocycles. The first-order valence-corrected chi connectivity index (χ1v) is 6.15. The Morgan fingerprint density at radius 3 is 2.62 bits per heavy atom. The van der Waals surface area contributed by atoms with Crippen LogP contribution in [0.4, 0.5) is 0 Å². The second kappa shape index (κ2) is 3.63. The van der Waals surface area contributed by atoms with Crippen LogP contribution < -0.4 is 5.73 Å². The summed E-state index contributed by atoms with van der Waals surface area (Å²) in [5.41, 5.74) is 8.98. The highest BCUT2D eigenvalue weighted by molar-refractivity contribution is 5.84. The first-order valence-electron chi connectivity index (χ1n) is 6.15. The molecule has 84 valence electrons. The van der Waals surface area contributed by atoms with Crippen LogP contribution in [0.3, 0.4) is 0 Å². The van der Waals surface area contributed by atoms with Crippen molar-refractivity contribution >= 4 is 10.9 Å². The minimum absolute atomic E-state index is 0.0994. The summed E-state index contributed by atoms with van der Waals surface area (Å²) in [6.07, 6.45) is 8.20. The molecule has 0 spiro atoms. The summed E-state index contributed by atoms with van der Waals surface area (Å²) in [4.78, 5) is 3.33. The Morgan fingerprint density at radius 1 is 1.06 bits per heavy atom. The normalized spacial score (nSPS) is 20.1. The second-order valence-electron chi connectivity index (χ2n) is 4.96. The predicted octanol–water partition coefficient (Wildman–Crippen LogP) is 3.29. The third-order valence-electron chi connectivity index (χ3n) is 3.87. The van der Waals surface area contributed by atoms with E-state index < -0.39 is 0 Å². The molecule has 2 heteroatoms. The van der Waals surface area contributed by atoms with Crippen LogP contribution in [-0.4, -0.2) is 4.98 Å². The summed E-state index contributed by atoms with van der Waals surface area (Å²) in [5, 5.41) is 1.30. The summed E-state index contributed by atoms with van der Waals surface area (Å²) >= 11 is 0. The van der Waals surface area contributed by atoms with Gasteiger partial charge in [0.15, 0.2) is 0 Å². The molecule has 3 rings (SSSR count). The maximum Gasteiger partial charge on any atom is 0.0457 e. The summed E-state index contributed by atoms with van der Waals surface area (Å²) in [6, 6.07) is 8.44. The van der Waals surface area contributed by atoms with Crippen LogP contribution in [0, 0.1) is 0 Å². The second-order valence-corrected chi connectivity index (χ2v) is 4.96. The third-order valence-corrected chi connectivity index (χ3v) is 3.87. The lowest BCUT2D eigenvalue weighted by Gasteiger charge is -2.33. The molecule has 1 saturated carbocycles. The molecule has 0 bridgehead atoms. The van der Waals surface area contributed by atoms with Crippen molar-refractivity contribution in [2.24, 2.45) is 5.73 Å². The monoisotopic (exact) mass is 214 g/mol. The summed E-state index contributed by atoms with van der Waals surface area (Å²) in [6.45, 7) is 0. The van der Waals surface area contributed by atoms with Crippen molar-refractivity contribution in [1.82, 2.24) is 4.98 Å². The van der Waals surface area contributed by atoms with Gasteiger partial charge in [0, 0.05) is 22.6 Å². The van der Waals surface area contributed by atoms with Crippen LogP contribution in [0.5, 0.6) is 0 Å². The predicted molar refractivity (Wildman–Crippen MR) is 67.2 cm³/mol. The SMILES string of the molecule is NC1(c2c[nH]c3ccccc23)CCCCC1. The summed E-state index contributed by atoms with van der Waals surface area (Å²) in [5.74, 6) is 0. The van der Waals surface area contributed by atoms with Crippen LogP contribution >= 0.6 is 0 Å². The van der Waals surface area contributed by atoms with Crippen LogP contribution in [0.2, 0.25) is 0 Å². The van der Waals surface area contributed by atoms with E-state index >= 15 is 0 Å². The molecule has 2 nitrogen and oxygen atoms in total. The zero-order valence-electron chi connectivity index (χ0n) is 9.50. The number of aromatic amines is 1. The number of hydrogen-bond donors (Lipinski definition) is 2. The van der Waals surface area contributed by atoms with Gasteiger partial charge in [-0.25, -0.2) is 0 Å². The Hall–Kier alpha value is -1.28. The lowest BCUT2D eigenvalue weighted by Crippen LogP contribution is -2.38. The van der Waals surface area contributed by atoms with E-state index in [4.69, 9.17) is 5.73 Å². The molecule has 1 aromatic heterocycles. The highest BCUT2D eigenvalue weighted by Gasteiger charge is 2.31. The fourth-order valence-corrected chi connectivity index (χ4v) is 2.94. The average Bonchev–Trinajstić information content (AvgIpc) is 2.74. The topological polar surface area (TPSA) is 41.8 Å². The average molecular weight is 214 g/mol. The van der Waals surface area contributed by atoms with E-state index in [1.165, 1.54) is 35.7 Å². The quantitative estimate of drug-likeness (QED) is 0.751. The van der Waals surface area contributed by atoms with Crippen molar-refractivity contribution in [2.75, 3.05) is 0 Å². The zero-order valence-corrected chi connectivity index (χ0v) is 9.50. The van der Waals surface area contributed by atoms with E-state index in [1.54, 1.807) is 0 Å². The lowest BCUT2D eigenvalue weighted by atomic mass is 9.77. The molecule has 3 N–H and O–H groups in total. The van der Waals surface area contributed by atoms with Crippen LogP contribution in [0.1, 0.15) is 37.7 Å². The minimum Gasteiger partial charge on any atom is -0.361 e. The highest BCUT2D eigenvalue weighted by Crippen LogP contribution is 2.37. The Morgan fingerprint density at radius 2 is 1.81 bits per heavy atom. The smallest absolute Gasteiger partial charge is 0.0457 e. The minimum atomic E-state index is -0.0994. The number of nitrogens with two attached hydrogens (primary N) is 1. The van der Waals surface area contributed by atoms with Crippen LogP contribution in [0.25, 0.3) is 10.9 Å². The number of para-hydroxylation sites is 1. The molecular formula is C14H18N2. The molecular weight excluding hydrogens is 196 g/mol. The first kappa shape index (κ1) is 9.91.